The molecule has 0 fully saturated rings. The molecule has 0 spiro atoms. The molecule has 2 rings (SSSR count). The summed E-state index contributed by atoms with van der Waals surface area (Å²) in [6.45, 7) is 14.4. The smallest absolute Gasteiger partial charge is 0.0844 e. The number of rotatable bonds is 4. The average Bonchev–Trinajstić information content (AvgIpc) is 2.83. The van der Waals surface area contributed by atoms with Gasteiger partial charge in [-0.3, -0.25) is 4.68 Å². The van der Waals surface area contributed by atoms with Crippen molar-refractivity contribution in [1.82, 2.24) is 15.1 Å². The summed E-state index contributed by atoms with van der Waals surface area (Å²) in [6, 6.07) is 2.28. The molecule has 1 N–H and O–H groups in total. The summed E-state index contributed by atoms with van der Waals surface area (Å²) in [5.74, 6) is 0. The maximum absolute atomic E-state index is 6.22. The molecule has 0 unspecified atom stereocenters. The van der Waals surface area contributed by atoms with Gasteiger partial charge >= 0.3 is 0 Å². The molecule has 0 saturated heterocycles. The van der Waals surface area contributed by atoms with Crippen molar-refractivity contribution >= 4 is 22.9 Å². The first-order chi connectivity index (χ1) is 9.67. The summed E-state index contributed by atoms with van der Waals surface area (Å²) in [5.41, 5.74) is 3.40. The number of hydrogen-bond acceptors (Lipinski definition) is 3. The SMILES string of the molecule is Cc1nn(Cc2cc(CNC(C)(C)C)sc2C)c(C)c1Cl. The van der Waals surface area contributed by atoms with Crippen LogP contribution in [0.15, 0.2) is 6.07 Å². The van der Waals surface area contributed by atoms with Crippen LogP contribution in [0.1, 0.15) is 47.5 Å². The molecule has 0 bridgehead atoms. The zero-order valence-electron chi connectivity index (χ0n) is 13.7. The average molecular weight is 326 g/mol. The zero-order chi connectivity index (χ0) is 15.8. The van der Waals surface area contributed by atoms with E-state index in [0.717, 1.165) is 29.5 Å². The van der Waals surface area contributed by atoms with E-state index >= 15 is 0 Å². The van der Waals surface area contributed by atoms with Gasteiger partial charge in [-0.05, 0) is 53.2 Å². The summed E-state index contributed by atoms with van der Waals surface area (Å²) in [4.78, 5) is 2.72. The number of halogens is 1. The van der Waals surface area contributed by atoms with E-state index < -0.39 is 0 Å². The molecule has 2 aromatic rings. The van der Waals surface area contributed by atoms with Crippen LogP contribution in [-0.2, 0) is 13.1 Å². The minimum absolute atomic E-state index is 0.140. The highest BCUT2D eigenvalue weighted by atomic mass is 35.5. The summed E-state index contributed by atoms with van der Waals surface area (Å²) in [6.07, 6.45) is 0. The molecule has 3 nitrogen and oxygen atoms in total. The highest BCUT2D eigenvalue weighted by Gasteiger charge is 2.14. The number of nitrogens with zero attached hydrogens (tertiary/aromatic N) is 2. The molecule has 0 radical (unpaired) electrons. The topological polar surface area (TPSA) is 29.9 Å². The number of aryl methyl sites for hydroxylation is 2. The molecule has 0 atom stereocenters. The predicted molar refractivity (Wildman–Crippen MR) is 91.5 cm³/mol. The molecule has 0 saturated carbocycles. The molecule has 2 aromatic heterocycles. The Hall–Kier alpha value is -0.840. The molecule has 116 valence electrons. The first kappa shape index (κ1) is 16.5. The van der Waals surface area contributed by atoms with Crippen LogP contribution in [0.2, 0.25) is 5.02 Å². The second-order valence-electron chi connectivity index (χ2n) is 6.54. The van der Waals surface area contributed by atoms with E-state index in [9.17, 15) is 0 Å². The van der Waals surface area contributed by atoms with E-state index in [1.165, 1.54) is 15.3 Å². The van der Waals surface area contributed by atoms with Gasteiger partial charge in [-0.2, -0.15) is 5.10 Å². The normalized spacial score (nSPS) is 12.1. The molecule has 21 heavy (non-hydrogen) atoms. The van der Waals surface area contributed by atoms with Gasteiger partial charge in [-0.1, -0.05) is 11.6 Å². The van der Waals surface area contributed by atoms with Crippen LogP contribution >= 0.6 is 22.9 Å². The third-order valence-electron chi connectivity index (χ3n) is 3.48. The van der Waals surface area contributed by atoms with E-state index in [1.807, 2.05) is 29.9 Å². The zero-order valence-corrected chi connectivity index (χ0v) is 15.2. The van der Waals surface area contributed by atoms with Crippen LogP contribution in [-0.4, -0.2) is 15.3 Å². The van der Waals surface area contributed by atoms with Gasteiger partial charge in [0, 0.05) is 21.8 Å². The number of nitrogens with one attached hydrogen (secondary N) is 1. The van der Waals surface area contributed by atoms with Gasteiger partial charge in [0.25, 0.3) is 0 Å². The Labute approximate surface area is 136 Å². The second-order valence-corrected chi connectivity index (χ2v) is 8.26. The van der Waals surface area contributed by atoms with Gasteiger partial charge in [-0.15, -0.1) is 11.3 Å². The summed E-state index contributed by atoms with van der Waals surface area (Å²) in [7, 11) is 0. The van der Waals surface area contributed by atoms with Crippen LogP contribution in [0.25, 0.3) is 0 Å². The van der Waals surface area contributed by atoms with Gasteiger partial charge < -0.3 is 5.32 Å². The lowest BCUT2D eigenvalue weighted by molar-refractivity contribution is 0.426. The Bertz CT molecular complexity index is 635. The molecule has 5 heteroatoms. The van der Waals surface area contributed by atoms with Crippen molar-refractivity contribution in [3.8, 4) is 0 Å². The van der Waals surface area contributed by atoms with Crippen LogP contribution in [0.5, 0.6) is 0 Å². The van der Waals surface area contributed by atoms with Crippen LogP contribution in [0.4, 0.5) is 0 Å². The van der Waals surface area contributed by atoms with Crippen molar-refractivity contribution in [2.24, 2.45) is 0 Å². The number of hydrogen-bond donors (Lipinski definition) is 1. The Balaban J connectivity index is 2.14. The Kier molecular flexibility index (Phi) is 4.81. The Morgan fingerprint density at radius 2 is 1.95 bits per heavy atom. The Morgan fingerprint density at radius 1 is 1.29 bits per heavy atom. The van der Waals surface area contributed by atoms with Crippen LogP contribution in [0, 0.1) is 20.8 Å². The quantitative estimate of drug-likeness (QED) is 0.899. The van der Waals surface area contributed by atoms with E-state index in [1.54, 1.807) is 0 Å². The van der Waals surface area contributed by atoms with E-state index in [4.69, 9.17) is 11.6 Å². The van der Waals surface area contributed by atoms with Crippen molar-refractivity contribution in [3.05, 3.63) is 37.8 Å². The maximum Gasteiger partial charge on any atom is 0.0844 e. The van der Waals surface area contributed by atoms with Gasteiger partial charge in [0.2, 0.25) is 0 Å². The van der Waals surface area contributed by atoms with E-state index in [0.29, 0.717) is 0 Å². The first-order valence-corrected chi connectivity index (χ1v) is 8.39. The highest BCUT2D eigenvalue weighted by Crippen LogP contribution is 2.25. The van der Waals surface area contributed by atoms with Crippen molar-refractivity contribution in [1.29, 1.82) is 0 Å². The van der Waals surface area contributed by atoms with E-state index in [-0.39, 0.29) is 5.54 Å². The predicted octanol–water partition coefficient (Wildman–Crippen LogP) is 4.46. The molecule has 0 amide bonds. The van der Waals surface area contributed by atoms with Crippen molar-refractivity contribution in [2.75, 3.05) is 0 Å². The van der Waals surface area contributed by atoms with Crippen molar-refractivity contribution < 1.29 is 0 Å². The second kappa shape index (κ2) is 6.11. The standard InChI is InChI=1S/C16H24ClN3S/c1-10-15(17)11(2)20(19-10)9-13-7-14(21-12(13)3)8-18-16(4,5)6/h7,18H,8-9H2,1-6H3. The summed E-state index contributed by atoms with van der Waals surface area (Å²) >= 11 is 8.07. The highest BCUT2D eigenvalue weighted by molar-refractivity contribution is 7.12. The minimum Gasteiger partial charge on any atom is -0.307 e. The molecule has 0 aliphatic carbocycles. The monoisotopic (exact) mass is 325 g/mol. The molecule has 0 aliphatic heterocycles. The van der Waals surface area contributed by atoms with Crippen LogP contribution in [0.3, 0.4) is 0 Å². The molecule has 0 aliphatic rings. The summed E-state index contributed by atoms with van der Waals surface area (Å²) in [5, 5.41) is 8.82. The van der Waals surface area contributed by atoms with Gasteiger partial charge in [-0.25, -0.2) is 0 Å². The number of aromatic nitrogens is 2. The fourth-order valence-corrected chi connectivity index (χ4v) is 3.30. The third kappa shape index (κ3) is 4.09. The Morgan fingerprint density at radius 3 is 2.48 bits per heavy atom. The first-order valence-electron chi connectivity index (χ1n) is 7.20. The van der Waals surface area contributed by atoms with Gasteiger partial charge in [0.15, 0.2) is 0 Å². The van der Waals surface area contributed by atoms with Crippen molar-refractivity contribution in [3.63, 3.8) is 0 Å². The van der Waals surface area contributed by atoms with Crippen molar-refractivity contribution in [2.45, 2.75) is 60.2 Å². The lowest BCUT2D eigenvalue weighted by Crippen LogP contribution is -2.34. The minimum atomic E-state index is 0.140. The lowest BCUT2D eigenvalue weighted by Gasteiger charge is -2.19. The van der Waals surface area contributed by atoms with Gasteiger partial charge in [0.1, 0.15) is 0 Å². The molecule has 0 aromatic carbocycles. The third-order valence-corrected chi connectivity index (χ3v) is 5.12. The maximum atomic E-state index is 6.22. The fraction of sp³-hybridized carbons (Fsp3) is 0.562. The van der Waals surface area contributed by atoms with E-state index in [2.05, 4.69) is 44.2 Å². The lowest BCUT2D eigenvalue weighted by atomic mass is 10.1. The largest absolute Gasteiger partial charge is 0.307 e. The molecule has 2 heterocycles. The fourth-order valence-electron chi connectivity index (χ4n) is 2.17. The molecular formula is C16H24ClN3S. The summed E-state index contributed by atoms with van der Waals surface area (Å²) < 4.78 is 1.99. The van der Waals surface area contributed by atoms with Gasteiger partial charge in [0.05, 0.1) is 23.0 Å². The number of thiophene rings is 1. The molecular weight excluding hydrogens is 302 g/mol. The van der Waals surface area contributed by atoms with Crippen LogP contribution < -0.4 is 5.32 Å².